The van der Waals surface area contributed by atoms with Gasteiger partial charge in [0.1, 0.15) is 5.69 Å². The molecule has 2 rings (SSSR count). The van der Waals surface area contributed by atoms with Gasteiger partial charge in [-0.2, -0.15) is 4.39 Å². The third kappa shape index (κ3) is 3.88. The van der Waals surface area contributed by atoms with Crippen molar-refractivity contribution in [2.24, 2.45) is 0 Å². The minimum Gasteiger partial charge on any atom is -0.364 e. The van der Waals surface area contributed by atoms with Crippen molar-refractivity contribution in [1.82, 2.24) is 4.72 Å². The smallest absolute Gasteiger partial charge is 0.327 e. The maximum Gasteiger partial charge on any atom is 0.327 e. The summed E-state index contributed by atoms with van der Waals surface area (Å²) in [5.41, 5.74) is -0.391. The molecule has 0 bridgehead atoms. The van der Waals surface area contributed by atoms with Crippen molar-refractivity contribution in [3.63, 3.8) is 0 Å². The largest absolute Gasteiger partial charge is 0.364 e. The molecule has 0 radical (unpaired) electrons. The molecule has 1 heterocycles. The molecule has 1 N–H and O–H groups in total. The van der Waals surface area contributed by atoms with Crippen LogP contribution < -0.4 is 9.62 Å². The molecular formula is C12H16FN3O4S. The number of halogens is 1. The third-order valence-corrected chi connectivity index (χ3v) is 4.05. The highest BCUT2D eigenvalue weighted by atomic mass is 32.2. The fraction of sp³-hybridized carbons (Fsp3) is 0.500. The van der Waals surface area contributed by atoms with E-state index in [1.807, 2.05) is 0 Å². The zero-order chi connectivity index (χ0) is 15.6. The van der Waals surface area contributed by atoms with Gasteiger partial charge in [0, 0.05) is 19.1 Å². The monoisotopic (exact) mass is 317 g/mol. The first-order chi connectivity index (χ1) is 9.78. The van der Waals surface area contributed by atoms with Gasteiger partial charge in [0.25, 0.3) is 0 Å². The first kappa shape index (κ1) is 15.6. The number of nitrogens with zero attached hydrogens (tertiary/aromatic N) is 2. The van der Waals surface area contributed by atoms with E-state index in [0.29, 0.717) is 19.4 Å². The number of anilines is 1. The van der Waals surface area contributed by atoms with Crippen molar-refractivity contribution in [2.75, 3.05) is 24.2 Å². The second-order valence-corrected chi connectivity index (χ2v) is 6.82. The lowest BCUT2D eigenvalue weighted by Crippen LogP contribution is -2.47. The molecule has 21 heavy (non-hydrogen) atoms. The summed E-state index contributed by atoms with van der Waals surface area (Å²) in [6.07, 6.45) is 2.38. The number of nitro groups is 1. The number of sulfonamides is 1. The second kappa shape index (κ2) is 5.94. The van der Waals surface area contributed by atoms with E-state index in [1.54, 1.807) is 4.90 Å². The van der Waals surface area contributed by atoms with Gasteiger partial charge in [-0.05, 0) is 25.0 Å². The standard InChI is InChI=1S/C12H16FN3O4S/c1-21(19,20)14-9-4-3-7-15(8-9)11-6-2-5-10(13)12(11)16(17)18/h2,5-6,9,14H,3-4,7-8H2,1H3/t9-/m1/s1. The van der Waals surface area contributed by atoms with Gasteiger partial charge in [-0.25, -0.2) is 13.1 Å². The number of para-hydroxylation sites is 1. The van der Waals surface area contributed by atoms with E-state index in [0.717, 1.165) is 12.3 Å². The Labute approximate surface area is 122 Å². The summed E-state index contributed by atoms with van der Waals surface area (Å²) >= 11 is 0. The van der Waals surface area contributed by atoms with Gasteiger partial charge in [-0.15, -0.1) is 0 Å². The lowest BCUT2D eigenvalue weighted by Gasteiger charge is -2.34. The molecule has 1 atom stereocenters. The van der Waals surface area contributed by atoms with E-state index in [-0.39, 0.29) is 18.3 Å². The van der Waals surface area contributed by atoms with E-state index in [2.05, 4.69) is 4.72 Å². The molecule has 1 aromatic carbocycles. The number of hydrogen-bond acceptors (Lipinski definition) is 5. The molecule has 0 unspecified atom stereocenters. The Hall–Kier alpha value is -1.74. The molecule has 1 aliphatic heterocycles. The van der Waals surface area contributed by atoms with Crippen molar-refractivity contribution >= 4 is 21.4 Å². The number of rotatable bonds is 4. The fourth-order valence-corrected chi connectivity index (χ4v) is 3.33. The summed E-state index contributed by atoms with van der Waals surface area (Å²) < 4.78 is 38.7. The minimum absolute atomic E-state index is 0.181. The summed E-state index contributed by atoms with van der Waals surface area (Å²) in [5.74, 6) is -0.893. The van der Waals surface area contributed by atoms with Crippen molar-refractivity contribution in [3.05, 3.63) is 34.1 Å². The Morgan fingerprint density at radius 3 is 2.81 bits per heavy atom. The van der Waals surface area contributed by atoms with Crippen molar-refractivity contribution in [3.8, 4) is 0 Å². The van der Waals surface area contributed by atoms with Crippen molar-refractivity contribution < 1.29 is 17.7 Å². The van der Waals surface area contributed by atoms with Gasteiger partial charge >= 0.3 is 5.69 Å². The molecule has 0 amide bonds. The number of nitro benzene ring substituents is 1. The molecular weight excluding hydrogens is 301 g/mol. The highest BCUT2D eigenvalue weighted by Crippen LogP contribution is 2.32. The van der Waals surface area contributed by atoms with Crippen LogP contribution in [0.2, 0.25) is 0 Å². The van der Waals surface area contributed by atoms with Gasteiger partial charge < -0.3 is 4.90 Å². The summed E-state index contributed by atoms with van der Waals surface area (Å²) in [5, 5.41) is 11.0. The Balaban J connectivity index is 2.26. The number of nitrogens with one attached hydrogen (secondary N) is 1. The minimum atomic E-state index is -3.35. The number of hydrogen-bond donors (Lipinski definition) is 1. The van der Waals surface area contributed by atoms with Crippen LogP contribution in [-0.4, -0.2) is 38.7 Å². The van der Waals surface area contributed by atoms with E-state index in [4.69, 9.17) is 0 Å². The Morgan fingerprint density at radius 2 is 2.19 bits per heavy atom. The maximum atomic E-state index is 13.6. The summed E-state index contributed by atoms with van der Waals surface area (Å²) in [7, 11) is -3.35. The molecule has 1 fully saturated rings. The van der Waals surface area contributed by atoms with Gasteiger partial charge in [0.05, 0.1) is 11.2 Å². The SMILES string of the molecule is CS(=O)(=O)N[C@@H]1CCCN(c2cccc(F)c2[N+](=O)[O-])C1. The average Bonchev–Trinajstić information content (AvgIpc) is 2.36. The highest BCUT2D eigenvalue weighted by molar-refractivity contribution is 7.88. The Morgan fingerprint density at radius 1 is 1.48 bits per heavy atom. The van der Waals surface area contributed by atoms with E-state index in [1.165, 1.54) is 12.1 Å². The van der Waals surface area contributed by atoms with Crippen molar-refractivity contribution in [2.45, 2.75) is 18.9 Å². The van der Waals surface area contributed by atoms with Crippen LogP contribution in [0.1, 0.15) is 12.8 Å². The molecule has 116 valence electrons. The van der Waals surface area contributed by atoms with E-state index < -0.39 is 26.5 Å². The zero-order valence-corrected chi connectivity index (χ0v) is 12.3. The third-order valence-electron chi connectivity index (χ3n) is 3.29. The molecule has 9 heteroatoms. The molecule has 1 aromatic rings. The van der Waals surface area contributed by atoms with Gasteiger partial charge in [-0.3, -0.25) is 10.1 Å². The molecule has 7 nitrogen and oxygen atoms in total. The van der Waals surface area contributed by atoms with Gasteiger partial charge in [-0.1, -0.05) is 6.07 Å². The first-order valence-corrected chi connectivity index (χ1v) is 8.32. The van der Waals surface area contributed by atoms with Gasteiger partial charge in [0.2, 0.25) is 15.8 Å². The van der Waals surface area contributed by atoms with Crippen molar-refractivity contribution in [1.29, 1.82) is 0 Å². The van der Waals surface area contributed by atoms with Crippen LogP contribution in [0.3, 0.4) is 0 Å². The summed E-state index contributed by atoms with van der Waals surface area (Å²) in [6, 6.07) is 3.59. The lowest BCUT2D eigenvalue weighted by atomic mass is 10.1. The van der Waals surface area contributed by atoms with E-state index >= 15 is 0 Å². The van der Waals surface area contributed by atoms with Crippen LogP contribution in [0.4, 0.5) is 15.8 Å². The highest BCUT2D eigenvalue weighted by Gasteiger charge is 2.29. The van der Waals surface area contributed by atoms with Crippen LogP contribution in [-0.2, 0) is 10.0 Å². The lowest BCUT2D eigenvalue weighted by molar-refractivity contribution is -0.386. The van der Waals surface area contributed by atoms with Crippen LogP contribution in [0, 0.1) is 15.9 Å². The number of benzene rings is 1. The Bertz CT molecular complexity index is 650. The van der Waals surface area contributed by atoms with Crippen LogP contribution in [0.25, 0.3) is 0 Å². The van der Waals surface area contributed by atoms with Crippen LogP contribution >= 0.6 is 0 Å². The zero-order valence-electron chi connectivity index (χ0n) is 11.5. The molecule has 1 aliphatic rings. The van der Waals surface area contributed by atoms with Crippen LogP contribution in [0.5, 0.6) is 0 Å². The summed E-state index contributed by atoms with van der Waals surface area (Å²) in [4.78, 5) is 11.9. The maximum absolute atomic E-state index is 13.6. The Kier molecular flexibility index (Phi) is 4.43. The predicted molar refractivity (Wildman–Crippen MR) is 76.3 cm³/mol. The van der Waals surface area contributed by atoms with E-state index in [9.17, 15) is 22.9 Å². The predicted octanol–water partition coefficient (Wildman–Crippen LogP) is 1.25. The quantitative estimate of drug-likeness (QED) is 0.666. The topological polar surface area (TPSA) is 92.6 Å². The summed E-state index contributed by atoms with van der Waals surface area (Å²) in [6.45, 7) is 0.795. The van der Waals surface area contributed by atoms with Gasteiger partial charge in [0.15, 0.2) is 0 Å². The molecule has 0 aliphatic carbocycles. The van der Waals surface area contributed by atoms with Crippen LogP contribution in [0.15, 0.2) is 18.2 Å². The fourth-order valence-electron chi connectivity index (χ4n) is 2.53. The molecule has 1 saturated heterocycles. The normalized spacial score (nSPS) is 19.5. The number of piperidine rings is 1. The molecule has 0 saturated carbocycles. The second-order valence-electron chi connectivity index (χ2n) is 5.04. The average molecular weight is 317 g/mol. The molecule has 0 spiro atoms. The molecule has 0 aromatic heterocycles. The first-order valence-electron chi connectivity index (χ1n) is 6.43.